The van der Waals surface area contributed by atoms with E-state index < -0.39 is 11.5 Å². The largest absolute Gasteiger partial charge is 0.480 e. The van der Waals surface area contributed by atoms with Gasteiger partial charge in [-0.05, 0) is 46.0 Å². The van der Waals surface area contributed by atoms with Gasteiger partial charge in [0.15, 0.2) is 0 Å². The van der Waals surface area contributed by atoms with Crippen molar-refractivity contribution < 1.29 is 14.6 Å². The van der Waals surface area contributed by atoms with E-state index in [1.165, 1.54) is 6.42 Å². The Hall–Kier alpha value is -0.610. The second-order valence-corrected chi connectivity index (χ2v) is 5.76. The molecule has 2 unspecified atom stereocenters. The maximum Gasteiger partial charge on any atom is 0.323 e. The highest BCUT2D eigenvalue weighted by atomic mass is 16.5. The summed E-state index contributed by atoms with van der Waals surface area (Å²) in [6.07, 6.45) is 6.61. The quantitative estimate of drug-likeness (QED) is 0.715. The van der Waals surface area contributed by atoms with Crippen LogP contribution < -0.4 is 5.32 Å². The molecule has 0 aromatic rings. The molecule has 0 radical (unpaired) electrons. The van der Waals surface area contributed by atoms with Gasteiger partial charge >= 0.3 is 5.97 Å². The van der Waals surface area contributed by atoms with Crippen molar-refractivity contribution in [2.45, 2.75) is 76.2 Å². The van der Waals surface area contributed by atoms with E-state index in [4.69, 9.17) is 4.74 Å². The van der Waals surface area contributed by atoms with Crippen LogP contribution in [0.5, 0.6) is 0 Å². The van der Waals surface area contributed by atoms with Crippen molar-refractivity contribution >= 4 is 5.97 Å². The maximum atomic E-state index is 11.4. The molecule has 0 aromatic carbocycles. The fourth-order valence-electron chi connectivity index (χ4n) is 2.34. The van der Waals surface area contributed by atoms with Crippen molar-refractivity contribution in [2.75, 3.05) is 0 Å². The van der Waals surface area contributed by atoms with E-state index in [1.54, 1.807) is 6.92 Å². The Balaban J connectivity index is 1.83. The molecular weight excluding hydrogens is 218 g/mol. The summed E-state index contributed by atoms with van der Waals surface area (Å²) in [5.41, 5.74) is -0.843. The molecule has 4 heteroatoms. The van der Waals surface area contributed by atoms with Crippen molar-refractivity contribution in [1.82, 2.24) is 5.32 Å². The molecule has 0 aromatic heterocycles. The van der Waals surface area contributed by atoms with Crippen molar-refractivity contribution in [2.24, 2.45) is 0 Å². The number of rotatable bonds is 7. The number of nitrogens with one attached hydrogen (secondary N) is 1. The van der Waals surface area contributed by atoms with E-state index in [9.17, 15) is 9.90 Å². The Kier molecular flexibility index (Phi) is 3.73. The molecular formula is C13H23NO3. The summed E-state index contributed by atoms with van der Waals surface area (Å²) in [5, 5.41) is 12.6. The summed E-state index contributed by atoms with van der Waals surface area (Å²) in [6, 6.07) is 0.395. The minimum absolute atomic E-state index is 0.00708. The lowest BCUT2D eigenvalue weighted by molar-refractivity contribution is -0.147. The van der Waals surface area contributed by atoms with E-state index in [1.807, 2.05) is 6.92 Å². The highest BCUT2D eigenvalue weighted by molar-refractivity contribution is 5.78. The van der Waals surface area contributed by atoms with E-state index in [-0.39, 0.29) is 6.10 Å². The Morgan fingerprint density at radius 3 is 2.53 bits per heavy atom. The summed E-state index contributed by atoms with van der Waals surface area (Å²) in [4.78, 5) is 11.4. The summed E-state index contributed by atoms with van der Waals surface area (Å²) >= 11 is 0. The van der Waals surface area contributed by atoms with Crippen LogP contribution in [-0.2, 0) is 9.53 Å². The standard InChI is InChI=1S/C13H23NO3/c1-9(17-11-4-3-5-11)8-13(2,12(15)16)14-10-6-7-10/h9-11,14H,3-8H2,1-2H3,(H,15,16). The van der Waals surface area contributed by atoms with E-state index in [0.29, 0.717) is 18.6 Å². The Labute approximate surface area is 103 Å². The summed E-state index contributed by atoms with van der Waals surface area (Å²) in [6.45, 7) is 3.75. The first kappa shape index (κ1) is 12.8. The number of aliphatic carboxylic acids is 1. The molecule has 0 amide bonds. The van der Waals surface area contributed by atoms with Gasteiger partial charge in [0.25, 0.3) is 0 Å². The lowest BCUT2D eigenvalue weighted by Crippen LogP contribution is -2.52. The Bertz CT molecular complexity index is 286. The van der Waals surface area contributed by atoms with E-state index in [2.05, 4.69) is 5.32 Å². The number of carboxylic acids is 1. The van der Waals surface area contributed by atoms with Gasteiger partial charge in [0.05, 0.1) is 12.2 Å². The van der Waals surface area contributed by atoms with Gasteiger partial charge in [0.2, 0.25) is 0 Å². The fraction of sp³-hybridized carbons (Fsp3) is 0.923. The molecule has 2 aliphatic rings. The van der Waals surface area contributed by atoms with Gasteiger partial charge in [-0.2, -0.15) is 0 Å². The first-order chi connectivity index (χ1) is 7.99. The number of hydrogen-bond donors (Lipinski definition) is 2. The third-order valence-corrected chi connectivity index (χ3v) is 3.74. The smallest absolute Gasteiger partial charge is 0.323 e. The molecule has 0 bridgehead atoms. The van der Waals surface area contributed by atoms with Crippen molar-refractivity contribution in [1.29, 1.82) is 0 Å². The van der Waals surface area contributed by atoms with Gasteiger partial charge in [-0.15, -0.1) is 0 Å². The lowest BCUT2D eigenvalue weighted by Gasteiger charge is -2.33. The number of carboxylic acid groups (broad SMARTS) is 1. The second kappa shape index (κ2) is 4.94. The molecule has 17 heavy (non-hydrogen) atoms. The molecule has 2 saturated carbocycles. The predicted octanol–water partition coefficient (Wildman–Crippen LogP) is 1.93. The van der Waals surface area contributed by atoms with Gasteiger partial charge in [-0.3, -0.25) is 10.1 Å². The van der Waals surface area contributed by atoms with Crippen LogP contribution in [0.4, 0.5) is 0 Å². The Morgan fingerprint density at radius 2 is 2.12 bits per heavy atom. The molecule has 0 heterocycles. The minimum atomic E-state index is -0.843. The Morgan fingerprint density at radius 1 is 1.47 bits per heavy atom. The van der Waals surface area contributed by atoms with Crippen LogP contribution in [-0.4, -0.2) is 34.9 Å². The van der Waals surface area contributed by atoms with E-state index >= 15 is 0 Å². The van der Waals surface area contributed by atoms with Crippen LogP contribution in [0.15, 0.2) is 0 Å². The first-order valence-corrected chi connectivity index (χ1v) is 6.66. The van der Waals surface area contributed by atoms with Crippen LogP contribution in [0.3, 0.4) is 0 Å². The predicted molar refractivity (Wildman–Crippen MR) is 65.0 cm³/mol. The molecule has 0 aliphatic heterocycles. The van der Waals surface area contributed by atoms with Crippen LogP contribution in [0, 0.1) is 0 Å². The first-order valence-electron chi connectivity index (χ1n) is 6.66. The lowest BCUT2D eigenvalue weighted by atomic mass is 9.92. The molecule has 98 valence electrons. The zero-order chi connectivity index (χ0) is 12.5. The maximum absolute atomic E-state index is 11.4. The highest BCUT2D eigenvalue weighted by Gasteiger charge is 2.40. The minimum Gasteiger partial charge on any atom is -0.480 e. The summed E-state index contributed by atoms with van der Waals surface area (Å²) < 4.78 is 5.83. The second-order valence-electron chi connectivity index (χ2n) is 5.76. The van der Waals surface area contributed by atoms with Crippen molar-refractivity contribution in [3.8, 4) is 0 Å². The molecule has 2 rings (SSSR count). The third kappa shape index (κ3) is 3.42. The third-order valence-electron chi connectivity index (χ3n) is 3.74. The van der Waals surface area contributed by atoms with Crippen LogP contribution in [0.25, 0.3) is 0 Å². The van der Waals surface area contributed by atoms with Crippen LogP contribution in [0.1, 0.15) is 52.4 Å². The number of ether oxygens (including phenoxy) is 1. The van der Waals surface area contributed by atoms with Gasteiger partial charge in [-0.1, -0.05) is 0 Å². The topological polar surface area (TPSA) is 58.6 Å². The van der Waals surface area contributed by atoms with Gasteiger partial charge < -0.3 is 9.84 Å². The normalized spacial score (nSPS) is 26.0. The molecule has 2 N–H and O–H groups in total. The zero-order valence-electron chi connectivity index (χ0n) is 10.7. The highest BCUT2D eigenvalue weighted by Crippen LogP contribution is 2.28. The summed E-state index contributed by atoms with van der Waals surface area (Å²) in [7, 11) is 0. The van der Waals surface area contributed by atoms with E-state index in [0.717, 1.165) is 25.7 Å². The molecule has 2 atom stereocenters. The van der Waals surface area contributed by atoms with Gasteiger partial charge in [0.1, 0.15) is 5.54 Å². The van der Waals surface area contributed by atoms with Crippen LogP contribution in [0.2, 0.25) is 0 Å². The van der Waals surface area contributed by atoms with Crippen LogP contribution >= 0.6 is 0 Å². The SMILES string of the molecule is CC(CC(C)(NC1CC1)C(=O)O)OC1CCC1. The van der Waals surface area contributed by atoms with Gasteiger partial charge in [-0.25, -0.2) is 0 Å². The molecule has 0 spiro atoms. The fourth-order valence-corrected chi connectivity index (χ4v) is 2.34. The summed E-state index contributed by atoms with van der Waals surface area (Å²) in [5.74, 6) is -0.770. The average Bonchev–Trinajstić information content (AvgIpc) is 2.94. The molecule has 0 saturated heterocycles. The van der Waals surface area contributed by atoms with Crippen molar-refractivity contribution in [3.05, 3.63) is 0 Å². The van der Waals surface area contributed by atoms with Crippen molar-refractivity contribution in [3.63, 3.8) is 0 Å². The molecule has 4 nitrogen and oxygen atoms in total. The zero-order valence-corrected chi connectivity index (χ0v) is 10.7. The molecule has 2 fully saturated rings. The average molecular weight is 241 g/mol. The number of hydrogen-bond acceptors (Lipinski definition) is 3. The van der Waals surface area contributed by atoms with Gasteiger partial charge in [0, 0.05) is 12.5 Å². The number of carbonyl (C=O) groups is 1. The molecule has 2 aliphatic carbocycles. The monoisotopic (exact) mass is 241 g/mol.